The maximum Gasteiger partial charge on any atom is 0.264 e. The third-order valence-electron chi connectivity index (χ3n) is 3.19. The summed E-state index contributed by atoms with van der Waals surface area (Å²) in [6.07, 6.45) is 0. The minimum atomic E-state index is -3.71. The average Bonchev–Trinajstić information content (AvgIpc) is 2.53. The second kappa shape index (κ2) is 6.46. The van der Waals surface area contributed by atoms with E-state index in [0.29, 0.717) is 22.2 Å². The van der Waals surface area contributed by atoms with E-state index in [1.165, 1.54) is 37.7 Å². The van der Waals surface area contributed by atoms with Gasteiger partial charge in [0.15, 0.2) is 11.5 Å². The summed E-state index contributed by atoms with van der Waals surface area (Å²) in [4.78, 5) is 0.122. The summed E-state index contributed by atoms with van der Waals surface area (Å²) in [5.74, 6) is 0.980. The number of anilines is 1. The summed E-state index contributed by atoms with van der Waals surface area (Å²) in [6, 6.07) is 11.0. The highest BCUT2D eigenvalue weighted by atomic mass is 35.5. The standard InChI is InChI=1S/C15H16ClNO4S/c1-17(12-7-8-14(20-2)15(10-12)21-3)22(18,19)13-6-4-5-11(16)9-13/h4-10H,1-3H3. The summed E-state index contributed by atoms with van der Waals surface area (Å²) in [7, 11) is 0.774. The lowest BCUT2D eigenvalue weighted by Gasteiger charge is -2.21. The highest BCUT2D eigenvalue weighted by Gasteiger charge is 2.22. The van der Waals surface area contributed by atoms with E-state index in [1.807, 2.05) is 0 Å². The maximum absolute atomic E-state index is 12.6. The van der Waals surface area contributed by atoms with Crippen LogP contribution in [0, 0.1) is 0 Å². The molecule has 0 atom stereocenters. The van der Waals surface area contributed by atoms with Crippen LogP contribution in [0.15, 0.2) is 47.4 Å². The molecular weight excluding hydrogens is 326 g/mol. The fourth-order valence-electron chi connectivity index (χ4n) is 1.95. The Hall–Kier alpha value is -1.92. The van der Waals surface area contributed by atoms with E-state index in [4.69, 9.17) is 21.1 Å². The first-order valence-corrected chi connectivity index (χ1v) is 8.18. The van der Waals surface area contributed by atoms with E-state index in [9.17, 15) is 8.42 Å². The molecule has 22 heavy (non-hydrogen) atoms. The van der Waals surface area contributed by atoms with Gasteiger partial charge in [0.1, 0.15) is 0 Å². The Bertz CT molecular complexity index is 777. The molecule has 2 rings (SSSR count). The number of benzene rings is 2. The summed E-state index contributed by atoms with van der Waals surface area (Å²) in [6.45, 7) is 0. The first-order valence-electron chi connectivity index (χ1n) is 6.36. The van der Waals surface area contributed by atoms with Gasteiger partial charge in [0.25, 0.3) is 10.0 Å². The van der Waals surface area contributed by atoms with E-state index in [0.717, 1.165) is 0 Å². The molecule has 0 unspecified atom stereocenters. The SMILES string of the molecule is COc1ccc(N(C)S(=O)(=O)c2cccc(Cl)c2)cc1OC. The lowest BCUT2D eigenvalue weighted by atomic mass is 10.3. The Kier molecular flexibility index (Phi) is 4.83. The van der Waals surface area contributed by atoms with Crippen LogP contribution in [0.5, 0.6) is 11.5 Å². The van der Waals surface area contributed by atoms with Crippen LogP contribution in [0.2, 0.25) is 5.02 Å². The number of nitrogens with zero attached hydrogens (tertiary/aromatic N) is 1. The zero-order valence-electron chi connectivity index (χ0n) is 12.4. The summed E-state index contributed by atoms with van der Waals surface area (Å²) in [5, 5.41) is 0.363. The van der Waals surface area contributed by atoms with Gasteiger partial charge in [0, 0.05) is 18.1 Å². The number of hydrogen-bond acceptors (Lipinski definition) is 4. The zero-order chi connectivity index (χ0) is 16.3. The van der Waals surface area contributed by atoms with Crippen molar-refractivity contribution in [2.45, 2.75) is 4.90 Å². The predicted molar refractivity (Wildman–Crippen MR) is 86.6 cm³/mol. The van der Waals surface area contributed by atoms with Gasteiger partial charge in [-0.3, -0.25) is 4.31 Å². The Morgan fingerprint density at radius 3 is 2.27 bits per heavy atom. The zero-order valence-corrected chi connectivity index (χ0v) is 14.0. The molecule has 0 heterocycles. The molecule has 0 saturated carbocycles. The van der Waals surface area contributed by atoms with Crippen molar-refractivity contribution in [3.63, 3.8) is 0 Å². The van der Waals surface area contributed by atoms with Crippen molar-refractivity contribution in [2.24, 2.45) is 0 Å². The van der Waals surface area contributed by atoms with Crippen LogP contribution < -0.4 is 13.8 Å². The van der Waals surface area contributed by atoms with Gasteiger partial charge in [0.2, 0.25) is 0 Å². The number of halogens is 1. The summed E-state index contributed by atoms with van der Waals surface area (Å²) >= 11 is 5.87. The molecule has 0 aliphatic rings. The molecule has 0 fully saturated rings. The molecular formula is C15H16ClNO4S. The molecule has 0 N–H and O–H groups in total. The van der Waals surface area contributed by atoms with Crippen LogP contribution >= 0.6 is 11.6 Å². The smallest absolute Gasteiger partial charge is 0.264 e. The van der Waals surface area contributed by atoms with Crippen LogP contribution in [0.1, 0.15) is 0 Å². The molecule has 5 nitrogen and oxygen atoms in total. The molecule has 118 valence electrons. The fourth-order valence-corrected chi connectivity index (χ4v) is 3.43. The number of ether oxygens (including phenoxy) is 2. The van der Waals surface area contributed by atoms with Crippen LogP contribution in [0.3, 0.4) is 0 Å². The fraction of sp³-hybridized carbons (Fsp3) is 0.200. The van der Waals surface area contributed by atoms with E-state index in [-0.39, 0.29) is 4.90 Å². The lowest BCUT2D eigenvalue weighted by Crippen LogP contribution is -2.26. The third-order valence-corrected chi connectivity index (χ3v) is 5.20. The van der Waals surface area contributed by atoms with Crippen molar-refractivity contribution in [3.05, 3.63) is 47.5 Å². The van der Waals surface area contributed by atoms with E-state index in [1.54, 1.807) is 30.3 Å². The minimum Gasteiger partial charge on any atom is -0.493 e. The molecule has 0 radical (unpaired) electrons. The van der Waals surface area contributed by atoms with Gasteiger partial charge in [-0.05, 0) is 30.3 Å². The molecule has 0 saturated heterocycles. The maximum atomic E-state index is 12.6. The monoisotopic (exact) mass is 341 g/mol. The number of rotatable bonds is 5. The van der Waals surface area contributed by atoms with Gasteiger partial charge in [-0.25, -0.2) is 8.42 Å². The highest BCUT2D eigenvalue weighted by Crippen LogP contribution is 2.33. The Morgan fingerprint density at radius 1 is 1.00 bits per heavy atom. The third kappa shape index (κ3) is 3.13. The average molecular weight is 342 g/mol. The quantitative estimate of drug-likeness (QED) is 0.838. The van der Waals surface area contributed by atoms with Crippen LogP contribution in [0.25, 0.3) is 0 Å². The number of hydrogen-bond donors (Lipinski definition) is 0. The molecule has 2 aromatic rings. The van der Waals surface area contributed by atoms with Gasteiger partial charge < -0.3 is 9.47 Å². The van der Waals surface area contributed by atoms with Crippen LogP contribution in [0.4, 0.5) is 5.69 Å². The lowest BCUT2D eigenvalue weighted by molar-refractivity contribution is 0.355. The first kappa shape index (κ1) is 16.5. The van der Waals surface area contributed by atoms with Gasteiger partial charge >= 0.3 is 0 Å². The summed E-state index contributed by atoms with van der Waals surface area (Å²) < 4.78 is 36.8. The first-order chi connectivity index (χ1) is 10.4. The van der Waals surface area contributed by atoms with Crippen molar-refractivity contribution in [1.29, 1.82) is 0 Å². The Morgan fingerprint density at radius 2 is 1.68 bits per heavy atom. The molecule has 0 amide bonds. The van der Waals surface area contributed by atoms with E-state index < -0.39 is 10.0 Å². The van der Waals surface area contributed by atoms with Gasteiger partial charge in [-0.1, -0.05) is 17.7 Å². The van der Waals surface area contributed by atoms with Crippen molar-refractivity contribution in [3.8, 4) is 11.5 Å². The van der Waals surface area contributed by atoms with Crippen LogP contribution in [-0.2, 0) is 10.0 Å². The molecule has 7 heteroatoms. The van der Waals surface area contributed by atoms with Crippen molar-refractivity contribution in [1.82, 2.24) is 0 Å². The Balaban J connectivity index is 2.44. The minimum absolute atomic E-state index is 0.122. The molecule has 0 aromatic heterocycles. The second-order valence-electron chi connectivity index (χ2n) is 4.47. The number of methoxy groups -OCH3 is 2. The highest BCUT2D eigenvalue weighted by molar-refractivity contribution is 7.92. The second-order valence-corrected chi connectivity index (χ2v) is 6.87. The van der Waals surface area contributed by atoms with Gasteiger partial charge in [-0.15, -0.1) is 0 Å². The van der Waals surface area contributed by atoms with Crippen LogP contribution in [-0.4, -0.2) is 29.7 Å². The van der Waals surface area contributed by atoms with Crippen molar-refractivity contribution in [2.75, 3.05) is 25.6 Å². The molecule has 0 bridgehead atoms. The van der Waals surface area contributed by atoms with Crippen molar-refractivity contribution >= 4 is 27.3 Å². The van der Waals surface area contributed by atoms with Gasteiger partial charge in [-0.2, -0.15) is 0 Å². The molecule has 0 aliphatic carbocycles. The number of sulfonamides is 1. The summed E-state index contributed by atoms with van der Waals surface area (Å²) in [5.41, 5.74) is 0.456. The van der Waals surface area contributed by atoms with Gasteiger partial charge in [0.05, 0.1) is 24.8 Å². The molecule has 0 spiro atoms. The predicted octanol–water partition coefficient (Wildman–Crippen LogP) is 3.18. The normalized spacial score (nSPS) is 11.1. The topological polar surface area (TPSA) is 55.8 Å². The van der Waals surface area contributed by atoms with Crippen molar-refractivity contribution < 1.29 is 17.9 Å². The Labute approximate surface area is 135 Å². The van der Waals surface area contributed by atoms with E-state index in [2.05, 4.69) is 0 Å². The molecule has 0 aliphatic heterocycles. The largest absolute Gasteiger partial charge is 0.493 e. The van der Waals surface area contributed by atoms with E-state index >= 15 is 0 Å². The molecule has 2 aromatic carbocycles.